The third-order valence-corrected chi connectivity index (χ3v) is 3.79. The van der Waals surface area contributed by atoms with Crippen LogP contribution in [0.4, 0.5) is 5.69 Å². The number of ether oxygens (including phenoxy) is 2. The van der Waals surface area contributed by atoms with E-state index in [1.807, 2.05) is 60.5 Å². The van der Waals surface area contributed by atoms with Crippen LogP contribution in [0.5, 0.6) is 11.5 Å². The van der Waals surface area contributed by atoms with Gasteiger partial charge in [-0.05, 0) is 35.0 Å². The third-order valence-electron chi connectivity index (χ3n) is 3.79. The van der Waals surface area contributed by atoms with Gasteiger partial charge in [0.25, 0.3) is 0 Å². The molecule has 3 aromatic carbocycles. The fourth-order valence-electron chi connectivity index (χ4n) is 2.58. The molecule has 0 bridgehead atoms. The van der Waals surface area contributed by atoms with Crippen molar-refractivity contribution in [1.82, 2.24) is 0 Å². The highest BCUT2D eigenvalue weighted by Gasteiger charge is 2.22. The van der Waals surface area contributed by atoms with Crippen LogP contribution in [0.25, 0.3) is 10.8 Å². The number of para-hydroxylation sites is 2. The van der Waals surface area contributed by atoms with Crippen LogP contribution < -0.4 is 14.4 Å². The minimum absolute atomic E-state index is 0.675. The standard InChI is InChI=1S/C19H15NO2/c1-20-17-8-4-5-9-18(17)22-19(20)13-21-16-11-10-14-6-2-3-7-15(14)12-16/h2-13H,1H3. The molecule has 0 aliphatic carbocycles. The zero-order valence-corrected chi connectivity index (χ0v) is 12.2. The lowest BCUT2D eigenvalue weighted by Crippen LogP contribution is -2.14. The average Bonchev–Trinajstić information content (AvgIpc) is 2.89. The van der Waals surface area contributed by atoms with Gasteiger partial charge >= 0.3 is 0 Å². The Morgan fingerprint density at radius 2 is 1.68 bits per heavy atom. The lowest BCUT2D eigenvalue weighted by Gasteiger charge is -2.11. The van der Waals surface area contributed by atoms with Crippen LogP contribution >= 0.6 is 0 Å². The molecular formula is C19H15NO2. The summed E-state index contributed by atoms with van der Waals surface area (Å²) in [5.41, 5.74) is 1.04. The van der Waals surface area contributed by atoms with E-state index >= 15 is 0 Å². The number of rotatable bonds is 2. The van der Waals surface area contributed by atoms with Crippen molar-refractivity contribution in [2.45, 2.75) is 0 Å². The molecule has 0 amide bonds. The van der Waals surface area contributed by atoms with E-state index in [1.54, 1.807) is 6.26 Å². The molecule has 3 nitrogen and oxygen atoms in total. The molecule has 0 spiro atoms. The normalized spacial score (nSPS) is 15.0. The molecule has 0 unspecified atom stereocenters. The van der Waals surface area contributed by atoms with Crippen LogP contribution in [0.3, 0.4) is 0 Å². The van der Waals surface area contributed by atoms with E-state index in [4.69, 9.17) is 9.47 Å². The van der Waals surface area contributed by atoms with Gasteiger partial charge in [-0.3, -0.25) is 0 Å². The second-order valence-corrected chi connectivity index (χ2v) is 5.21. The Balaban J connectivity index is 1.59. The van der Waals surface area contributed by atoms with Crippen molar-refractivity contribution in [3.05, 3.63) is 78.9 Å². The maximum Gasteiger partial charge on any atom is 0.236 e. The Morgan fingerprint density at radius 1 is 0.909 bits per heavy atom. The molecule has 0 N–H and O–H groups in total. The number of hydrogen-bond donors (Lipinski definition) is 0. The first-order valence-electron chi connectivity index (χ1n) is 7.17. The summed E-state index contributed by atoms with van der Waals surface area (Å²) in [5.74, 6) is 2.31. The zero-order chi connectivity index (χ0) is 14.9. The summed E-state index contributed by atoms with van der Waals surface area (Å²) < 4.78 is 11.6. The first-order valence-corrected chi connectivity index (χ1v) is 7.17. The van der Waals surface area contributed by atoms with Gasteiger partial charge in [-0.1, -0.05) is 42.5 Å². The first-order chi connectivity index (χ1) is 10.8. The predicted molar refractivity (Wildman–Crippen MR) is 88.1 cm³/mol. The lowest BCUT2D eigenvalue weighted by molar-refractivity contribution is 0.391. The summed E-state index contributed by atoms with van der Waals surface area (Å²) in [4.78, 5) is 1.97. The number of benzene rings is 3. The van der Waals surface area contributed by atoms with Gasteiger partial charge in [0.1, 0.15) is 5.75 Å². The number of nitrogens with zero attached hydrogens (tertiary/aromatic N) is 1. The largest absolute Gasteiger partial charge is 0.459 e. The van der Waals surface area contributed by atoms with Gasteiger partial charge in [0, 0.05) is 7.05 Å². The molecule has 0 saturated carbocycles. The van der Waals surface area contributed by atoms with Gasteiger partial charge in [0.15, 0.2) is 12.0 Å². The van der Waals surface area contributed by atoms with Gasteiger partial charge in [-0.2, -0.15) is 0 Å². The highest BCUT2D eigenvalue weighted by Crippen LogP contribution is 2.37. The molecule has 3 aromatic rings. The molecule has 108 valence electrons. The SMILES string of the molecule is CN1C(=COc2ccc3ccccc3c2)Oc2ccccc21. The Labute approximate surface area is 129 Å². The van der Waals surface area contributed by atoms with Gasteiger partial charge in [-0.25, -0.2) is 0 Å². The van der Waals surface area contributed by atoms with Crippen molar-refractivity contribution >= 4 is 16.5 Å². The van der Waals surface area contributed by atoms with E-state index in [9.17, 15) is 0 Å². The van der Waals surface area contributed by atoms with E-state index in [0.29, 0.717) is 5.88 Å². The quantitative estimate of drug-likeness (QED) is 0.646. The maximum absolute atomic E-state index is 5.79. The predicted octanol–water partition coefficient (Wildman–Crippen LogP) is 4.55. The van der Waals surface area contributed by atoms with E-state index in [1.165, 1.54) is 5.39 Å². The Morgan fingerprint density at radius 3 is 2.55 bits per heavy atom. The molecule has 1 aliphatic rings. The van der Waals surface area contributed by atoms with Crippen molar-refractivity contribution in [3.8, 4) is 11.5 Å². The average molecular weight is 289 g/mol. The van der Waals surface area contributed by atoms with Crippen LogP contribution in [0.2, 0.25) is 0 Å². The summed E-state index contributed by atoms with van der Waals surface area (Å²) >= 11 is 0. The molecule has 3 heteroatoms. The number of hydrogen-bond acceptors (Lipinski definition) is 3. The van der Waals surface area contributed by atoms with Crippen LogP contribution in [0.15, 0.2) is 78.9 Å². The maximum atomic E-state index is 5.79. The van der Waals surface area contributed by atoms with Gasteiger partial charge < -0.3 is 14.4 Å². The molecule has 0 aromatic heterocycles. The molecular weight excluding hydrogens is 274 g/mol. The van der Waals surface area contributed by atoms with Crippen LogP contribution in [0.1, 0.15) is 0 Å². The van der Waals surface area contributed by atoms with Gasteiger partial charge in [0.05, 0.1) is 5.69 Å². The lowest BCUT2D eigenvalue weighted by atomic mass is 10.1. The van der Waals surface area contributed by atoms with Crippen molar-refractivity contribution in [2.75, 3.05) is 11.9 Å². The first kappa shape index (κ1) is 12.8. The van der Waals surface area contributed by atoms with Gasteiger partial charge in [0.2, 0.25) is 5.88 Å². The molecule has 0 radical (unpaired) electrons. The van der Waals surface area contributed by atoms with Gasteiger partial charge in [-0.15, -0.1) is 0 Å². The topological polar surface area (TPSA) is 21.7 Å². The monoisotopic (exact) mass is 289 g/mol. The fraction of sp³-hybridized carbons (Fsp3) is 0.0526. The van der Waals surface area contributed by atoms with Crippen LogP contribution in [-0.2, 0) is 0 Å². The third kappa shape index (κ3) is 2.17. The highest BCUT2D eigenvalue weighted by molar-refractivity contribution is 5.83. The number of anilines is 1. The van der Waals surface area contributed by atoms with Crippen LogP contribution in [-0.4, -0.2) is 7.05 Å². The van der Waals surface area contributed by atoms with Crippen molar-refractivity contribution in [2.24, 2.45) is 0 Å². The fourth-order valence-corrected chi connectivity index (χ4v) is 2.58. The summed E-state index contributed by atoms with van der Waals surface area (Å²) in [6.45, 7) is 0. The molecule has 4 rings (SSSR count). The second-order valence-electron chi connectivity index (χ2n) is 5.21. The molecule has 0 saturated heterocycles. The molecule has 1 heterocycles. The Kier molecular flexibility index (Phi) is 2.97. The van der Waals surface area contributed by atoms with E-state index in [-0.39, 0.29) is 0 Å². The Bertz CT molecular complexity index is 870. The summed E-state index contributed by atoms with van der Waals surface area (Å²) in [6.07, 6.45) is 1.64. The number of fused-ring (bicyclic) bond motifs is 2. The van der Waals surface area contributed by atoms with E-state index in [2.05, 4.69) is 18.2 Å². The summed E-state index contributed by atoms with van der Waals surface area (Å²) in [7, 11) is 1.96. The van der Waals surface area contributed by atoms with Crippen molar-refractivity contribution in [3.63, 3.8) is 0 Å². The molecule has 1 aliphatic heterocycles. The van der Waals surface area contributed by atoms with Crippen LogP contribution in [0, 0.1) is 0 Å². The summed E-state index contributed by atoms with van der Waals surface area (Å²) in [6, 6.07) is 22.2. The molecule has 0 atom stereocenters. The minimum atomic E-state index is 0.675. The minimum Gasteiger partial charge on any atom is -0.459 e. The van der Waals surface area contributed by atoms with Crippen molar-refractivity contribution < 1.29 is 9.47 Å². The van der Waals surface area contributed by atoms with E-state index < -0.39 is 0 Å². The van der Waals surface area contributed by atoms with Crippen molar-refractivity contribution in [1.29, 1.82) is 0 Å². The molecule has 0 fully saturated rings. The smallest absolute Gasteiger partial charge is 0.236 e. The molecule has 22 heavy (non-hydrogen) atoms. The second kappa shape index (κ2) is 5.11. The van der Waals surface area contributed by atoms with E-state index in [0.717, 1.165) is 22.6 Å². The summed E-state index contributed by atoms with van der Waals surface area (Å²) in [5, 5.41) is 2.35. The zero-order valence-electron chi connectivity index (χ0n) is 12.2. The highest BCUT2D eigenvalue weighted by atomic mass is 16.5. The Hall–Kier alpha value is -2.94.